The Hall–Kier alpha value is -1.66. The second kappa shape index (κ2) is 34.4. The Bertz CT molecular complexity index is 1040. The summed E-state index contributed by atoms with van der Waals surface area (Å²) in [5, 5.41) is 2.50. The molecule has 0 aliphatic carbocycles. The normalized spacial score (nSPS) is 12.1. The van der Waals surface area contributed by atoms with Gasteiger partial charge in [0.1, 0.15) is 0 Å². The highest BCUT2D eigenvalue weighted by atomic mass is 28.4. The highest BCUT2D eigenvalue weighted by molar-refractivity contribution is 6.99. The predicted octanol–water partition coefficient (Wildman–Crippen LogP) is 9.16. The Morgan fingerprint density at radius 2 is 0.618 bits per heavy atom. The molecule has 0 amide bonds. The Kier molecular flexibility index (Phi) is 30.9. The zero-order chi connectivity index (χ0) is 39.4. The molecule has 2 rings (SSSR count). The van der Waals surface area contributed by atoms with Crippen molar-refractivity contribution in [2.45, 2.75) is 123 Å². The number of hydrogen-bond acceptors (Lipinski definition) is 8. The molecule has 9 heteroatoms. The van der Waals surface area contributed by atoms with Crippen LogP contribution in [0.3, 0.4) is 0 Å². The molecule has 0 radical (unpaired) electrons. The van der Waals surface area contributed by atoms with Gasteiger partial charge in [-0.1, -0.05) is 172 Å². The van der Waals surface area contributed by atoms with Gasteiger partial charge in [0.15, 0.2) is 0 Å². The first-order chi connectivity index (χ1) is 27.0. The topological polar surface area (TPSA) is 73.8 Å². The molecule has 0 saturated heterocycles. The lowest BCUT2D eigenvalue weighted by molar-refractivity contribution is -0.0213. The van der Waals surface area contributed by atoms with Gasteiger partial charge < -0.3 is 37.6 Å². The second-order valence-corrected chi connectivity index (χ2v) is 19.7. The molecule has 8 nitrogen and oxygen atoms in total. The Labute approximate surface area is 337 Å². The number of ether oxygens (including phenoxy) is 7. The summed E-state index contributed by atoms with van der Waals surface area (Å²) in [4.78, 5) is 0. The lowest BCUT2D eigenvalue weighted by Crippen LogP contribution is -2.66. The van der Waals surface area contributed by atoms with Crippen LogP contribution in [0.15, 0.2) is 60.7 Å². The Morgan fingerprint density at radius 3 is 0.927 bits per heavy atom. The quantitative estimate of drug-likeness (QED) is 0.0491. The van der Waals surface area contributed by atoms with Gasteiger partial charge in [-0.15, -0.1) is 0 Å². The summed E-state index contributed by atoms with van der Waals surface area (Å²) < 4.78 is 46.5. The Morgan fingerprint density at radius 1 is 0.345 bits per heavy atom. The lowest BCUT2D eigenvalue weighted by Gasteiger charge is -2.43. The molecular formula is C46H80O8Si. The molecule has 0 aromatic heterocycles. The monoisotopic (exact) mass is 789 g/mol. The van der Waals surface area contributed by atoms with Gasteiger partial charge in [0, 0.05) is 6.61 Å². The minimum absolute atomic E-state index is 0.0477. The molecule has 0 bridgehead atoms. The maximum atomic E-state index is 6.86. The van der Waals surface area contributed by atoms with Crippen LogP contribution in [0.4, 0.5) is 0 Å². The summed E-state index contributed by atoms with van der Waals surface area (Å²) in [6.07, 6.45) is 19.3. The molecule has 0 aliphatic rings. The van der Waals surface area contributed by atoms with E-state index in [-0.39, 0.29) is 5.04 Å². The molecule has 0 N–H and O–H groups in total. The second-order valence-electron chi connectivity index (χ2n) is 15.4. The van der Waals surface area contributed by atoms with Crippen molar-refractivity contribution in [1.29, 1.82) is 0 Å². The first-order valence-corrected chi connectivity index (χ1v) is 23.7. The summed E-state index contributed by atoms with van der Waals surface area (Å²) >= 11 is 0. The highest BCUT2D eigenvalue weighted by Crippen LogP contribution is 2.36. The van der Waals surface area contributed by atoms with E-state index in [1.807, 2.05) is 0 Å². The van der Waals surface area contributed by atoms with Crippen molar-refractivity contribution in [2.24, 2.45) is 0 Å². The molecule has 316 valence electrons. The van der Waals surface area contributed by atoms with Gasteiger partial charge in [-0.2, -0.15) is 0 Å². The van der Waals surface area contributed by atoms with Crippen LogP contribution in [0, 0.1) is 0 Å². The van der Waals surface area contributed by atoms with Crippen molar-refractivity contribution in [1.82, 2.24) is 0 Å². The molecule has 55 heavy (non-hydrogen) atoms. The predicted molar refractivity (Wildman–Crippen MR) is 230 cm³/mol. The summed E-state index contributed by atoms with van der Waals surface area (Å²) in [5.41, 5.74) is 0. The van der Waals surface area contributed by atoms with Crippen LogP contribution >= 0.6 is 0 Å². The van der Waals surface area contributed by atoms with Crippen LogP contribution in [0.2, 0.25) is 5.04 Å². The minimum atomic E-state index is -2.53. The molecule has 2 aromatic rings. The van der Waals surface area contributed by atoms with E-state index < -0.39 is 8.32 Å². The van der Waals surface area contributed by atoms with Crippen molar-refractivity contribution in [2.75, 3.05) is 99.1 Å². The summed E-state index contributed by atoms with van der Waals surface area (Å²) in [7, 11) is -2.53. The zero-order valence-electron chi connectivity index (χ0n) is 35.5. The van der Waals surface area contributed by atoms with Crippen LogP contribution in [-0.2, 0) is 37.6 Å². The van der Waals surface area contributed by atoms with Crippen LogP contribution in [0.5, 0.6) is 0 Å². The van der Waals surface area contributed by atoms with Gasteiger partial charge in [0.05, 0.1) is 92.5 Å². The van der Waals surface area contributed by atoms with E-state index in [1.165, 1.54) is 93.8 Å². The SMILES string of the molecule is CCCCCCCCCCCCCCCCOCCOCCOCCOCCOCCOCCOCCO[Si](c1ccccc1)(c1ccccc1)C(C)(C)C. The number of benzene rings is 2. The van der Waals surface area contributed by atoms with E-state index in [9.17, 15) is 0 Å². The first kappa shape index (κ1) is 49.5. The average molecular weight is 789 g/mol. The average Bonchev–Trinajstić information content (AvgIpc) is 3.19. The van der Waals surface area contributed by atoms with Crippen molar-refractivity contribution in [3.8, 4) is 0 Å². The molecule has 0 aliphatic heterocycles. The van der Waals surface area contributed by atoms with Crippen LogP contribution in [-0.4, -0.2) is 107 Å². The van der Waals surface area contributed by atoms with Gasteiger partial charge in [0.25, 0.3) is 8.32 Å². The van der Waals surface area contributed by atoms with Gasteiger partial charge in [0.2, 0.25) is 0 Å². The fourth-order valence-electron chi connectivity index (χ4n) is 6.84. The van der Waals surface area contributed by atoms with Crippen LogP contribution in [0.25, 0.3) is 0 Å². The van der Waals surface area contributed by atoms with E-state index in [2.05, 4.69) is 88.4 Å². The standard InChI is InChI=1S/C46H80O8Si/c1-5-6-7-8-9-10-11-12-13-14-15-16-17-24-29-47-30-31-48-32-33-49-34-35-50-36-37-51-38-39-52-40-41-53-42-43-54-55(46(2,3)4,44-25-20-18-21-26-44)45-27-22-19-23-28-45/h18-23,25-28H,5-17,24,29-43H2,1-4H3. The highest BCUT2D eigenvalue weighted by Gasteiger charge is 2.50. The molecular weight excluding hydrogens is 709 g/mol. The fraction of sp³-hybridized carbons (Fsp3) is 0.739. The van der Waals surface area contributed by atoms with Crippen LogP contribution in [0.1, 0.15) is 118 Å². The van der Waals surface area contributed by atoms with E-state index in [4.69, 9.17) is 37.6 Å². The third-order valence-corrected chi connectivity index (χ3v) is 14.9. The molecule has 0 saturated carbocycles. The summed E-state index contributed by atoms with van der Waals surface area (Å²) in [5.74, 6) is 0. The molecule has 0 atom stereocenters. The lowest BCUT2D eigenvalue weighted by atomic mass is 10.0. The zero-order valence-corrected chi connectivity index (χ0v) is 36.5. The van der Waals surface area contributed by atoms with Crippen molar-refractivity contribution in [3.63, 3.8) is 0 Å². The van der Waals surface area contributed by atoms with Gasteiger partial charge in [-0.05, 0) is 21.8 Å². The van der Waals surface area contributed by atoms with Crippen molar-refractivity contribution in [3.05, 3.63) is 60.7 Å². The molecule has 0 fully saturated rings. The van der Waals surface area contributed by atoms with E-state index >= 15 is 0 Å². The Balaban J connectivity index is 1.29. The third-order valence-electron chi connectivity index (χ3n) is 9.84. The van der Waals surface area contributed by atoms with Crippen molar-refractivity contribution < 1.29 is 37.6 Å². The number of unbranched alkanes of at least 4 members (excludes halogenated alkanes) is 13. The number of rotatable bonds is 39. The smallest absolute Gasteiger partial charge is 0.261 e. The van der Waals surface area contributed by atoms with Gasteiger partial charge >= 0.3 is 0 Å². The minimum Gasteiger partial charge on any atom is -0.405 e. The summed E-state index contributed by atoms with van der Waals surface area (Å²) in [6, 6.07) is 21.4. The largest absolute Gasteiger partial charge is 0.405 e. The van der Waals surface area contributed by atoms with Gasteiger partial charge in [-0.25, -0.2) is 0 Å². The third kappa shape index (κ3) is 24.0. The van der Waals surface area contributed by atoms with E-state index in [0.29, 0.717) is 92.5 Å². The van der Waals surface area contributed by atoms with Crippen LogP contribution < -0.4 is 10.4 Å². The van der Waals surface area contributed by atoms with Gasteiger partial charge in [-0.3, -0.25) is 0 Å². The summed E-state index contributed by atoms with van der Waals surface area (Å²) in [6.45, 7) is 17.7. The van der Waals surface area contributed by atoms with E-state index in [0.717, 1.165) is 13.0 Å². The first-order valence-electron chi connectivity index (χ1n) is 21.8. The van der Waals surface area contributed by atoms with Crippen molar-refractivity contribution >= 4 is 18.7 Å². The molecule has 0 spiro atoms. The fourth-order valence-corrected chi connectivity index (χ4v) is 11.4. The molecule has 0 unspecified atom stereocenters. The number of hydrogen-bond donors (Lipinski definition) is 0. The molecule has 2 aromatic carbocycles. The molecule has 0 heterocycles. The maximum Gasteiger partial charge on any atom is 0.261 e. The van der Waals surface area contributed by atoms with E-state index in [1.54, 1.807) is 0 Å². The maximum absolute atomic E-state index is 6.86.